The van der Waals surface area contributed by atoms with Gasteiger partial charge in [-0.3, -0.25) is 9.59 Å². The van der Waals surface area contributed by atoms with Crippen LogP contribution in [0.4, 0.5) is 0 Å². The Balaban J connectivity index is 0.00000104. The maximum Gasteiger partial charge on any atom is 0.240 e. The molecule has 2 amide bonds. The van der Waals surface area contributed by atoms with E-state index in [1.54, 1.807) is 0 Å². The van der Waals surface area contributed by atoms with E-state index in [0.29, 0.717) is 6.54 Å². The van der Waals surface area contributed by atoms with Crippen molar-refractivity contribution in [1.82, 2.24) is 10.2 Å². The zero-order chi connectivity index (χ0) is 26.1. The Morgan fingerprint density at radius 1 is 1.09 bits per heavy atom. The molecular weight excluding hydrogens is 422 g/mol. The highest BCUT2D eigenvalue weighted by atomic mass is 16.2. The zero-order valence-electron chi connectivity index (χ0n) is 21.9. The topological polar surface area (TPSA) is 75.4 Å². The first-order valence-corrected chi connectivity index (χ1v) is 11.9. The molecule has 0 radical (unpaired) electrons. The highest BCUT2D eigenvalue weighted by Crippen LogP contribution is 2.20. The number of hydrogen-bond acceptors (Lipinski definition) is 3. The van der Waals surface area contributed by atoms with Gasteiger partial charge in [0.25, 0.3) is 0 Å². The predicted octanol–water partition coefficient (Wildman–Crippen LogP) is 5.94. The molecule has 5 nitrogen and oxygen atoms in total. The van der Waals surface area contributed by atoms with Crippen molar-refractivity contribution in [2.24, 2.45) is 5.73 Å². The Bertz CT molecular complexity index is 963. The number of carbonyl (C=O) groups is 2. The summed E-state index contributed by atoms with van der Waals surface area (Å²) in [5.41, 5.74) is 8.43. The van der Waals surface area contributed by atoms with Crippen molar-refractivity contribution in [2.45, 2.75) is 54.0 Å². The molecule has 0 aliphatic carbocycles. The van der Waals surface area contributed by atoms with Gasteiger partial charge in [-0.05, 0) is 49.6 Å². The summed E-state index contributed by atoms with van der Waals surface area (Å²) in [6.45, 7) is 19.6. The Morgan fingerprint density at radius 2 is 1.71 bits per heavy atom. The van der Waals surface area contributed by atoms with Crippen LogP contribution in [0.2, 0.25) is 0 Å². The average molecular weight is 466 g/mol. The number of nitrogens with zero attached hydrogens (tertiary/aromatic N) is 1. The van der Waals surface area contributed by atoms with E-state index in [0.717, 1.165) is 28.3 Å². The summed E-state index contributed by atoms with van der Waals surface area (Å²) in [5.74, 6) is -0.486. The van der Waals surface area contributed by atoms with Gasteiger partial charge in [-0.1, -0.05) is 93.6 Å². The molecule has 0 fully saturated rings. The molecule has 186 valence electrons. The van der Waals surface area contributed by atoms with Gasteiger partial charge in [-0.2, -0.15) is 0 Å². The number of rotatable bonds is 9. The van der Waals surface area contributed by atoms with Gasteiger partial charge in [0.15, 0.2) is 0 Å². The van der Waals surface area contributed by atoms with Crippen LogP contribution in [0.25, 0.3) is 10.8 Å². The second kappa shape index (κ2) is 17.3. The molecule has 0 aromatic heterocycles. The number of amides is 2. The van der Waals surface area contributed by atoms with Gasteiger partial charge < -0.3 is 16.0 Å². The molecule has 0 aliphatic heterocycles. The fourth-order valence-corrected chi connectivity index (χ4v) is 3.06. The third-order valence-electron chi connectivity index (χ3n) is 4.83. The fraction of sp³-hybridized carbons (Fsp3) is 0.379. The van der Waals surface area contributed by atoms with Crippen LogP contribution in [-0.4, -0.2) is 36.3 Å². The van der Waals surface area contributed by atoms with Crippen molar-refractivity contribution >= 4 is 22.6 Å². The van der Waals surface area contributed by atoms with Crippen LogP contribution in [0.1, 0.15) is 59.6 Å². The molecule has 34 heavy (non-hydrogen) atoms. The summed E-state index contributed by atoms with van der Waals surface area (Å²) >= 11 is 0. The molecule has 3 N–H and O–H groups in total. The van der Waals surface area contributed by atoms with E-state index in [1.165, 1.54) is 10.5 Å². The molecule has 0 bridgehead atoms. The highest BCUT2D eigenvalue weighted by Gasteiger charge is 2.17. The van der Waals surface area contributed by atoms with Crippen molar-refractivity contribution in [3.05, 3.63) is 84.5 Å². The molecule has 0 aliphatic rings. The maximum absolute atomic E-state index is 12.3. The van der Waals surface area contributed by atoms with Gasteiger partial charge in [0.05, 0.1) is 19.1 Å². The predicted molar refractivity (Wildman–Crippen MR) is 147 cm³/mol. The van der Waals surface area contributed by atoms with E-state index in [4.69, 9.17) is 5.73 Å². The fourth-order valence-electron chi connectivity index (χ4n) is 3.06. The molecule has 1 atom stereocenters. The molecule has 2 rings (SSSR count). The SMILES string of the molecule is C=C(/C=C\C)CC.C=C(C)CN(CC(=O)NC(C)c1ccc2ccccc2c1)C(=O)CN.CC. The van der Waals surface area contributed by atoms with Gasteiger partial charge in [0.1, 0.15) is 0 Å². The van der Waals surface area contributed by atoms with E-state index in [1.807, 2.05) is 77.1 Å². The van der Waals surface area contributed by atoms with Crippen molar-refractivity contribution in [2.75, 3.05) is 19.6 Å². The lowest BCUT2D eigenvalue weighted by molar-refractivity contribution is -0.134. The smallest absolute Gasteiger partial charge is 0.240 e. The zero-order valence-corrected chi connectivity index (χ0v) is 21.9. The first-order chi connectivity index (χ1) is 16.2. The third kappa shape index (κ3) is 11.6. The van der Waals surface area contributed by atoms with E-state index < -0.39 is 0 Å². The molecule has 2 aromatic rings. The van der Waals surface area contributed by atoms with Gasteiger partial charge >= 0.3 is 0 Å². The van der Waals surface area contributed by atoms with Crippen molar-refractivity contribution in [1.29, 1.82) is 0 Å². The van der Waals surface area contributed by atoms with Crippen molar-refractivity contribution in [3.63, 3.8) is 0 Å². The Kier molecular flexibility index (Phi) is 15.7. The maximum atomic E-state index is 12.3. The number of fused-ring (bicyclic) bond motifs is 1. The van der Waals surface area contributed by atoms with Gasteiger partial charge in [0.2, 0.25) is 11.8 Å². The summed E-state index contributed by atoms with van der Waals surface area (Å²) in [4.78, 5) is 25.6. The minimum Gasteiger partial charge on any atom is -0.348 e. The van der Waals surface area contributed by atoms with Crippen LogP contribution in [0.15, 0.2) is 78.9 Å². The van der Waals surface area contributed by atoms with Crippen LogP contribution >= 0.6 is 0 Å². The van der Waals surface area contributed by atoms with E-state index >= 15 is 0 Å². The van der Waals surface area contributed by atoms with Crippen LogP contribution in [0.3, 0.4) is 0 Å². The van der Waals surface area contributed by atoms with Crippen molar-refractivity contribution < 1.29 is 9.59 Å². The van der Waals surface area contributed by atoms with Gasteiger partial charge in [0, 0.05) is 6.54 Å². The minimum atomic E-state index is -0.267. The van der Waals surface area contributed by atoms with Gasteiger partial charge in [-0.15, -0.1) is 0 Å². The summed E-state index contributed by atoms with van der Waals surface area (Å²) in [6, 6.07) is 14.0. The normalized spacial score (nSPS) is 10.9. The monoisotopic (exact) mass is 465 g/mol. The number of hydrogen-bond donors (Lipinski definition) is 2. The summed E-state index contributed by atoms with van der Waals surface area (Å²) < 4.78 is 0. The number of carbonyl (C=O) groups excluding carboxylic acids is 2. The molecule has 0 saturated carbocycles. The largest absolute Gasteiger partial charge is 0.348 e. The number of allylic oxidation sites excluding steroid dienone is 3. The standard InChI is InChI=1S/C20H25N3O2.C7H12.C2H6/c1-14(2)12-23(20(25)11-21)13-19(24)22-15(3)17-9-8-16-6-4-5-7-18(16)10-17;1-4-6-7(3)5-2;1-2/h4-10,15H,1,11-13,21H2,2-3H3,(H,22,24);4,6H,3,5H2,1-2H3;1-2H3/b;6-4-;. The minimum absolute atomic E-state index is 0.0270. The van der Waals surface area contributed by atoms with Crippen LogP contribution < -0.4 is 11.1 Å². The first kappa shape index (κ1) is 30.8. The molecule has 0 heterocycles. The highest BCUT2D eigenvalue weighted by molar-refractivity contribution is 5.86. The molecule has 0 spiro atoms. The molecule has 0 saturated heterocycles. The number of benzene rings is 2. The van der Waals surface area contributed by atoms with E-state index in [9.17, 15) is 9.59 Å². The molecular formula is C29H43N3O2. The lowest BCUT2D eigenvalue weighted by Crippen LogP contribution is -2.44. The first-order valence-electron chi connectivity index (χ1n) is 11.9. The van der Waals surface area contributed by atoms with Gasteiger partial charge in [-0.25, -0.2) is 0 Å². The van der Waals surface area contributed by atoms with Crippen LogP contribution in [0, 0.1) is 0 Å². The summed E-state index contributed by atoms with van der Waals surface area (Å²) in [6.07, 6.45) is 5.09. The lowest BCUT2D eigenvalue weighted by atomic mass is 10.0. The number of nitrogens with one attached hydrogen (secondary N) is 1. The van der Waals surface area contributed by atoms with E-state index in [-0.39, 0.29) is 30.9 Å². The van der Waals surface area contributed by atoms with Crippen molar-refractivity contribution in [3.8, 4) is 0 Å². The Labute approximate surface area is 206 Å². The third-order valence-corrected chi connectivity index (χ3v) is 4.83. The lowest BCUT2D eigenvalue weighted by Gasteiger charge is -2.23. The molecule has 1 unspecified atom stereocenters. The summed E-state index contributed by atoms with van der Waals surface area (Å²) in [7, 11) is 0. The van der Waals surface area contributed by atoms with E-state index in [2.05, 4.69) is 37.5 Å². The average Bonchev–Trinajstić information content (AvgIpc) is 2.84. The summed E-state index contributed by atoms with van der Waals surface area (Å²) in [5, 5.41) is 5.23. The Hall–Kier alpha value is -3.18. The molecule has 5 heteroatoms. The number of nitrogens with two attached hydrogens (primary N) is 1. The second-order valence-corrected chi connectivity index (χ2v) is 7.82. The Morgan fingerprint density at radius 3 is 2.21 bits per heavy atom. The quantitative estimate of drug-likeness (QED) is 0.356. The van der Waals surface area contributed by atoms with Crippen LogP contribution in [-0.2, 0) is 9.59 Å². The van der Waals surface area contributed by atoms with Crippen LogP contribution in [0.5, 0.6) is 0 Å². The molecule has 2 aromatic carbocycles. The second-order valence-electron chi connectivity index (χ2n) is 7.82.